The molecule has 2 aromatic rings. The van der Waals surface area contributed by atoms with Crippen molar-refractivity contribution < 1.29 is 18.6 Å². The van der Waals surface area contributed by atoms with E-state index in [1.807, 2.05) is 171 Å². The molecule has 0 aromatic heterocycles. The quantitative estimate of drug-likeness (QED) is 0.0932. The SMILES string of the molecule is C.C.C.CC.CC.CC.CC.CC.CC.CC.CCCCNCCC.[2H]N[C@@H](CC(C)C)C(C)=O.[2H]N[C@@H](Cc1ccccc1)C(=O)N[C@@H](Cc1ccccc1)C([2H])=O. The lowest BCUT2D eigenvalue weighted by atomic mass is 10.0. The Balaban J connectivity index is -0.0000000618. The first-order valence-electron chi connectivity index (χ1n) is 22.5. The van der Waals surface area contributed by atoms with E-state index in [9.17, 15) is 14.4 Å². The van der Waals surface area contributed by atoms with Gasteiger partial charge >= 0.3 is 0 Å². The molecule has 0 bridgehead atoms. The number of benzene rings is 2. The fourth-order valence-electron chi connectivity index (χ4n) is 3.43. The molecule has 0 radical (unpaired) electrons. The third-order valence-corrected chi connectivity index (χ3v) is 5.67. The van der Waals surface area contributed by atoms with Gasteiger partial charge in [-0.3, -0.25) is 9.59 Å². The lowest BCUT2D eigenvalue weighted by molar-refractivity contribution is -0.125. The second-order valence-corrected chi connectivity index (χ2v) is 10.0. The van der Waals surface area contributed by atoms with Crippen LogP contribution < -0.4 is 22.1 Å². The van der Waals surface area contributed by atoms with Crippen LogP contribution in [0.15, 0.2) is 60.7 Å². The number of ketones is 1. The monoisotopic (exact) mass is 802 g/mol. The molecule has 0 spiro atoms. The van der Waals surface area contributed by atoms with Crippen LogP contribution >= 0.6 is 0 Å². The van der Waals surface area contributed by atoms with Gasteiger partial charge in [0.25, 0.3) is 0 Å². The molecule has 0 saturated carbocycles. The third-order valence-electron chi connectivity index (χ3n) is 5.67. The van der Waals surface area contributed by atoms with Crippen molar-refractivity contribution in [1.29, 1.82) is 0 Å². The van der Waals surface area contributed by atoms with Crippen molar-refractivity contribution >= 4 is 18.0 Å². The maximum atomic E-state index is 12.4. The Bertz CT molecular complexity index is 981. The standard InChI is InChI=1S/C18H20N2O2.C7H15NO.C7H17N.7C2H6.3CH4/c19-17(12-15-9-5-2-6-10-15)18(22)20-16(13-21)11-14-7-3-1-4-8-14;1-5(2)4-7(8)6(3)9;1-3-5-7-8-6-4-2;7*1-2;;;/h1-10,13,16-17H,11-12,19H2,(H,20,22);5,7H,4,8H2,1-3H3;8H,3-7H2,1-2H3;7*1-2H3;3*1H4/t16-,17-;7-;;;;;;;;;;;/m00.........../s1/i13D;;;;;;;;;;;;/hD2. The highest BCUT2D eigenvalue weighted by Gasteiger charge is 2.18. The number of carbonyl (C=O) groups is 3. The minimum atomic E-state index is -0.925. The molecule has 0 unspecified atom stereocenters. The molecule has 0 aliphatic heterocycles. The van der Waals surface area contributed by atoms with E-state index in [1.54, 1.807) is 0 Å². The van der Waals surface area contributed by atoms with Crippen LogP contribution in [-0.2, 0) is 27.2 Å². The number of hydrogen-bond acceptors (Lipinski definition) is 6. The van der Waals surface area contributed by atoms with Crippen LogP contribution in [-0.4, -0.2) is 49.2 Å². The number of aldehydes is 1. The van der Waals surface area contributed by atoms with Gasteiger partial charge in [0.15, 0.2) is 0 Å². The Morgan fingerprint density at radius 1 is 0.661 bits per heavy atom. The summed E-state index contributed by atoms with van der Waals surface area (Å²) < 4.78 is 21.6. The maximum absolute atomic E-state index is 12.4. The number of Topliss-reactive ketones (excluding diaryl/α,β-unsaturated/α-hetero) is 1. The van der Waals surface area contributed by atoms with E-state index in [2.05, 4.69) is 35.9 Å². The summed E-state index contributed by atoms with van der Waals surface area (Å²) in [4.78, 5) is 34.6. The largest absolute Gasteiger partial charge is 0.345 e. The van der Waals surface area contributed by atoms with Crippen molar-refractivity contribution in [3.63, 3.8) is 0 Å². The second-order valence-electron chi connectivity index (χ2n) is 10.0. The summed E-state index contributed by atoms with van der Waals surface area (Å²) in [7, 11) is 0. The second kappa shape index (κ2) is 76.8. The number of amides is 1. The van der Waals surface area contributed by atoms with Gasteiger partial charge in [-0.15, -0.1) is 0 Å². The van der Waals surface area contributed by atoms with Gasteiger partial charge in [-0.2, -0.15) is 0 Å². The molecule has 2 aromatic carbocycles. The minimum absolute atomic E-state index is 0. The smallest absolute Gasteiger partial charge is 0.237 e. The number of nitrogens with two attached hydrogens (primary N) is 2. The van der Waals surface area contributed by atoms with E-state index in [1.165, 1.54) is 39.3 Å². The Hall–Kier alpha value is -2.87. The number of rotatable bonds is 17. The molecule has 7 heteroatoms. The normalized spacial score (nSPS) is 10.2. The highest BCUT2D eigenvalue weighted by molar-refractivity contribution is 5.84. The molecular formula is C49H106N4O3. The zero-order valence-electron chi connectivity index (χ0n) is 41.5. The predicted octanol–water partition coefficient (Wildman–Crippen LogP) is 13.3. The molecule has 6 N–H and O–H groups in total. The maximum Gasteiger partial charge on any atom is 0.237 e. The Morgan fingerprint density at radius 2 is 1.05 bits per heavy atom. The van der Waals surface area contributed by atoms with Gasteiger partial charge in [0.2, 0.25) is 5.91 Å². The van der Waals surface area contributed by atoms with Crippen LogP contribution in [0, 0.1) is 5.92 Å². The Labute approximate surface area is 359 Å². The van der Waals surface area contributed by atoms with E-state index >= 15 is 0 Å². The average molecular weight is 802 g/mol. The van der Waals surface area contributed by atoms with Crippen molar-refractivity contribution in [2.24, 2.45) is 17.4 Å². The van der Waals surface area contributed by atoms with Crippen LogP contribution in [0.25, 0.3) is 0 Å². The highest BCUT2D eigenvalue weighted by Crippen LogP contribution is 2.05. The topological polar surface area (TPSA) is 127 Å². The fraction of sp³-hybridized carbons (Fsp3) is 0.694. The summed E-state index contributed by atoms with van der Waals surface area (Å²) in [5, 5.41) is 5.91. The van der Waals surface area contributed by atoms with Crippen LogP contribution in [0.2, 0.25) is 2.82 Å². The summed E-state index contributed by atoms with van der Waals surface area (Å²) in [6.07, 6.45) is 4.36. The molecule has 2 rings (SSSR count). The molecule has 0 aliphatic carbocycles. The fourth-order valence-corrected chi connectivity index (χ4v) is 3.43. The van der Waals surface area contributed by atoms with Crippen molar-refractivity contribution in [2.75, 3.05) is 13.1 Å². The molecule has 56 heavy (non-hydrogen) atoms. The molecule has 340 valence electrons. The van der Waals surface area contributed by atoms with Crippen molar-refractivity contribution in [3.05, 3.63) is 71.8 Å². The summed E-state index contributed by atoms with van der Waals surface area (Å²) in [5.41, 5.74) is 6.23. The van der Waals surface area contributed by atoms with E-state index < -0.39 is 24.3 Å². The lowest BCUT2D eigenvalue weighted by Gasteiger charge is -2.17. The summed E-state index contributed by atoms with van der Waals surface area (Å²) in [6, 6.07) is 16.6. The number of nitrogens with one attached hydrogen (secondary N) is 2. The van der Waals surface area contributed by atoms with Gasteiger partial charge in [-0.25, -0.2) is 0 Å². The van der Waals surface area contributed by atoms with Crippen molar-refractivity contribution in [2.45, 2.75) is 210 Å². The van der Waals surface area contributed by atoms with Gasteiger partial charge in [-0.1, -0.05) is 214 Å². The van der Waals surface area contributed by atoms with Crippen molar-refractivity contribution in [3.8, 4) is 0 Å². The summed E-state index contributed by atoms with van der Waals surface area (Å²) >= 11 is 0. The summed E-state index contributed by atoms with van der Waals surface area (Å²) in [6.45, 7) is 40.4. The summed E-state index contributed by atoms with van der Waals surface area (Å²) in [5.74, 6) is 0.0471. The molecule has 0 saturated heterocycles. The molecule has 0 aliphatic rings. The van der Waals surface area contributed by atoms with E-state index in [0.29, 0.717) is 12.3 Å². The van der Waals surface area contributed by atoms with E-state index in [0.717, 1.165) is 17.5 Å². The van der Waals surface area contributed by atoms with Gasteiger partial charge in [-0.05, 0) is 69.2 Å². The molecule has 0 heterocycles. The average Bonchev–Trinajstić information content (AvgIpc) is 3.26. The van der Waals surface area contributed by atoms with Crippen LogP contribution in [0.1, 0.15) is 192 Å². The molecular weight excluding hydrogens is 693 g/mol. The first-order valence-corrected chi connectivity index (χ1v) is 21.0. The number of unbranched alkanes of at least 4 members (excludes halogenated alkanes) is 1. The minimum Gasteiger partial charge on any atom is -0.345 e. The van der Waals surface area contributed by atoms with Crippen LogP contribution in [0.4, 0.5) is 0 Å². The zero-order chi connectivity index (χ0) is 45.8. The van der Waals surface area contributed by atoms with Gasteiger partial charge in [0.05, 0.1) is 18.1 Å². The molecule has 7 nitrogen and oxygen atoms in total. The third kappa shape index (κ3) is 66.0. The molecule has 0 fully saturated rings. The Morgan fingerprint density at radius 3 is 1.34 bits per heavy atom. The van der Waals surface area contributed by atoms with Gasteiger partial charge in [0, 0.05) is 0 Å². The van der Waals surface area contributed by atoms with Gasteiger partial charge in [0.1, 0.15) is 16.2 Å². The molecule has 3 atom stereocenters. The molecule has 1 amide bonds. The Kier molecular flexibility index (Phi) is 97.2. The predicted molar refractivity (Wildman–Crippen MR) is 262 cm³/mol. The van der Waals surface area contributed by atoms with Gasteiger partial charge < -0.3 is 26.9 Å². The first-order chi connectivity index (χ1) is 27.1. The van der Waals surface area contributed by atoms with E-state index in [-0.39, 0.29) is 40.5 Å². The number of hydrogen-bond donors (Lipinski definition) is 4. The number of carbonyl (C=O) groups excluding carboxylic acids is 3. The highest BCUT2D eigenvalue weighted by atomic mass is 16.2. The van der Waals surface area contributed by atoms with E-state index in [4.69, 9.17) is 4.19 Å². The van der Waals surface area contributed by atoms with Crippen molar-refractivity contribution in [1.82, 2.24) is 10.6 Å². The van der Waals surface area contributed by atoms with Crippen LogP contribution in [0.3, 0.4) is 0 Å². The lowest BCUT2D eigenvalue weighted by Crippen LogP contribution is -2.47. The first kappa shape index (κ1) is 70.9. The zero-order valence-corrected chi connectivity index (χ0v) is 38.5. The van der Waals surface area contributed by atoms with Crippen LogP contribution in [0.5, 0.6) is 0 Å².